The molecule has 2 amide bonds. The molecule has 2 atom stereocenters. The van der Waals surface area contributed by atoms with Crippen LogP contribution in [-0.4, -0.2) is 72.5 Å². The van der Waals surface area contributed by atoms with Crippen LogP contribution in [-0.2, 0) is 18.9 Å². The zero-order valence-corrected chi connectivity index (χ0v) is 39.7. The number of alkyl halides is 6. The SMILES string of the molecule is CNC(=O)c1cc(-c2cccc(C(C)N)n2)cc2c1cnn2-c1cccc(C(F)(F)F)n1.CNC(=O)c1cc(-c2cccc(C(C)NCc3ccc(OC)cc3)n2)cc2c1cnn2-c1cccc(C(F)(F)F)n1. The first-order valence-corrected chi connectivity index (χ1v) is 22.5. The fourth-order valence-electron chi connectivity index (χ4n) is 7.80. The first-order chi connectivity index (χ1) is 34.9. The summed E-state index contributed by atoms with van der Waals surface area (Å²) in [4.78, 5) is 42.3. The summed E-state index contributed by atoms with van der Waals surface area (Å²) in [5, 5.41) is 18.1. The second-order valence-electron chi connectivity index (χ2n) is 16.6. The zero-order chi connectivity index (χ0) is 52.2. The molecule has 0 aliphatic carbocycles. The van der Waals surface area contributed by atoms with E-state index in [2.05, 4.69) is 41.1 Å². The minimum atomic E-state index is -4.61. The second kappa shape index (κ2) is 21.0. The Morgan fingerprint density at radius 1 is 0.616 bits per heavy atom. The second-order valence-corrected chi connectivity index (χ2v) is 16.6. The van der Waals surface area contributed by atoms with Crippen LogP contribution in [0.15, 0.2) is 134 Å². The molecule has 15 nitrogen and oxygen atoms in total. The first-order valence-electron chi connectivity index (χ1n) is 22.5. The lowest BCUT2D eigenvalue weighted by Gasteiger charge is -2.15. The van der Waals surface area contributed by atoms with E-state index in [4.69, 9.17) is 15.5 Å². The van der Waals surface area contributed by atoms with Crippen molar-refractivity contribution < 1.29 is 40.7 Å². The van der Waals surface area contributed by atoms with E-state index in [9.17, 15) is 35.9 Å². The largest absolute Gasteiger partial charge is 0.497 e. The number of nitrogens with one attached hydrogen (secondary N) is 3. The number of hydrogen-bond acceptors (Lipinski definition) is 11. The van der Waals surface area contributed by atoms with Crippen molar-refractivity contribution in [3.63, 3.8) is 0 Å². The molecule has 73 heavy (non-hydrogen) atoms. The molecule has 9 rings (SSSR count). The van der Waals surface area contributed by atoms with Crippen molar-refractivity contribution in [3.05, 3.63) is 173 Å². The number of methoxy groups -OCH3 is 1. The van der Waals surface area contributed by atoms with Crippen LogP contribution in [0.5, 0.6) is 5.75 Å². The summed E-state index contributed by atoms with van der Waals surface area (Å²) in [6.07, 6.45) is -6.33. The number of hydrogen-bond donors (Lipinski definition) is 4. The van der Waals surface area contributed by atoms with Gasteiger partial charge in [-0.25, -0.2) is 19.3 Å². The van der Waals surface area contributed by atoms with Gasteiger partial charge in [0.2, 0.25) is 0 Å². The fourth-order valence-corrected chi connectivity index (χ4v) is 7.80. The molecule has 6 heterocycles. The Hall–Kier alpha value is -8.56. The van der Waals surface area contributed by atoms with E-state index in [0.717, 1.165) is 29.1 Å². The van der Waals surface area contributed by atoms with Crippen molar-refractivity contribution >= 4 is 33.6 Å². The Balaban J connectivity index is 0.000000201. The number of carbonyl (C=O) groups excluding carboxylic acids is 2. The van der Waals surface area contributed by atoms with E-state index < -0.39 is 23.7 Å². The molecule has 21 heteroatoms. The van der Waals surface area contributed by atoms with Crippen molar-refractivity contribution in [2.45, 2.75) is 44.8 Å². The minimum absolute atomic E-state index is 0.0205. The van der Waals surface area contributed by atoms with Gasteiger partial charge in [0.25, 0.3) is 11.8 Å². The van der Waals surface area contributed by atoms with E-state index >= 15 is 0 Å². The highest BCUT2D eigenvalue weighted by molar-refractivity contribution is 6.09. The normalized spacial score (nSPS) is 12.5. The minimum Gasteiger partial charge on any atom is -0.497 e. The Morgan fingerprint density at radius 2 is 1.07 bits per heavy atom. The molecule has 3 aromatic carbocycles. The van der Waals surface area contributed by atoms with E-state index in [0.29, 0.717) is 67.7 Å². The Morgan fingerprint density at radius 3 is 1.51 bits per heavy atom. The molecule has 0 bridgehead atoms. The van der Waals surface area contributed by atoms with E-state index in [1.165, 1.54) is 60.1 Å². The lowest BCUT2D eigenvalue weighted by atomic mass is 10.0. The summed E-state index contributed by atoms with van der Waals surface area (Å²) >= 11 is 0. The molecule has 2 unspecified atom stereocenters. The molecule has 374 valence electrons. The topological polar surface area (TPSA) is 193 Å². The first kappa shape index (κ1) is 50.8. The van der Waals surface area contributed by atoms with Crippen LogP contribution in [0.2, 0.25) is 0 Å². The summed E-state index contributed by atoms with van der Waals surface area (Å²) < 4.78 is 87.3. The number of ether oxygens (including phenoxy) is 1. The predicted molar refractivity (Wildman–Crippen MR) is 262 cm³/mol. The van der Waals surface area contributed by atoms with Gasteiger partial charge in [0.05, 0.1) is 64.4 Å². The molecular weight excluding hydrogens is 955 g/mol. The van der Waals surface area contributed by atoms with Crippen LogP contribution in [0.4, 0.5) is 26.3 Å². The number of amides is 2. The molecule has 0 saturated carbocycles. The third-order valence-corrected chi connectivity index (χ3v) is 11.6. The Labute approximate surface area is 413 Å². The molecule has 6 aromatic heterocycles. The summed E-state index contributed by atoms with van der Waals surface area (Å²) in [6, 6.07) is 32.4. The average Bonchev–Trinajstić information content (AvgIpc) is 4.04. The number of rotatable bonds is 12. The van der Waals surface area contributed by atoms with E-state index in [1.807, 2.05) is 49.4 Å². The molecule has 0 spiro atoms. The maximum atomic E-state index is 13.3. The number of carbonyl (C=O) groups is 2. The summed E-state index contributed by atoms with van der Waals surface area (Å²) in [7, 11) is 4.63. The van der Waals surface area contributed by atoms with Gasteiger partial charge in [-0.1, -0.05) is 36.4 Å². The van der Waals surface area contributed by atoms with Gasteiger partial charge in [-0.05, 0) is 104 Å². The fraction of sp³-hybridized carbons (Fsp3) is 0.192. The molecule has 0 aliphatic rings. The number of nitrogens with zero attached hydrogens (tertiary/aromatic N) is 8. The van der Waals surface area contributed by atoms with Crippen LogP contribution in [0.1, 0.15) is 75.0 Å². The third kappa shape index (κ3) is 11.2. The van der Waals surface area contributed by atoms with E-state index in [1.54, 1.807) is 56.5 Å². The molecule has 9 aromatic rings. The highest BCUT2D eigenvalue weighted by Gasteiger charge is 2.34. The Kier molecular flexibility index (Phi) is 14.6. The smallest absolute Gasteiger partial charge is 0.433 e. The highest BCUT2D eigenvalue weighted by atomic mass is 19.4. The number of benzene rings is 3. The maximum Gasteiger partial charge on any atom is 0.433 e. The van der Waals surface area contributed by atoms with Crippen LogP contribution < -0.4 is 26.4 Å². The summed E-state index contributed by atoms with van der Waals surface area (Å²) in [6.45, 7) is 4.43. The van der Waals surface area contributed by atoms with Crippen LogP contribution in [0, 0.1) is 0 Å². The zero-order valence-electron chi connectivity index (χ0n) is 39.7. The van der Waals surface area contributed by atoms with Crippen molar-refractivity contribution in [1.82, 2.24) is 55.4 Å². The number of halogens is 6. The lowest BCUT2D eigenvalue weighted by molar-refractivity contribution is -0.141. The van der Waals surface area contributed by atoms with Crippen molar-refractivity contribution in [2.24, 2.45) is 5.73 Å². The Bertz CT molecular complexity index is 3460. The van der Waals surface area contributed by atoms with Gasteiger partial charge < -0.3 is 26.4 Å². The van der Waals surface area contributed by atoms with Crippen LogP contribution >= 0.6 is 0 Å². The van der Waals surface area contributed by atoms with Gasteiger partial charge in [0.15, 0.2) is 11.6 Å². The molecule has 5 N–H and O–H groups in total. The van der Waals surface area contributed by atoms with Crippen molar-refractivity contribution in [3.8, 4) is 39.9 Å². The molecule has 0 aliphatic heterocycles. The monoisotopic (exact) mass is 1000 g/mol. The quantitative estimate of drug-likeness (QED) is 0.0852. The standard InChI is InChI=1S/C30H27F3N6O2.C22H19F3N6O/c1-18(35-16-19-10-12-21(41-3)13-11-19)24-6-4-7-25(37-24)20-14-22(29(40)34-2)23-17-36-39(26(23)15-20)28-9-5-8-27(38-28)30(31,32)33;1-12(26)16-5-3-6-17(29-16)13-9-14(21(32)27-2)15-11-28-31(18(15)10-13)20-8-4-7-19(30-20)22(23,24)25/h4-15,17-18,35H,16H2,1-3H3,(H,34,40);3-12H,26H2,1-2H3,(H,27,32). The molecule has 0 radical (unpaired) electrons. The summed E-state index contributed by atoms with van der Waals surface area (Å²) in [5.41, 5.74) is 10.2. The van der Waals surface area contributed by atoms with Gasteiger partial charge in [0, 0.05) is 54.6 Å². The molecular formula is C52H46F6N12O3. The molecule has 0 saturated heterocycles. The number of nitrogens with two attached hydrogens (primary N) is 1. The third-order valence-electron chi connectivity index (χ3n) is 11.6. The average molecular weight is 1000 g/mol. The predicted octanol–water partition coefficient (Wildman–Crippen LogP) is 9.60. The summed E-state index contributed by atoms with van der Waals surface area (Å²) in [5.74, 6) is 0.0188. The number of pyridine rings is 4. The van der Waals surface area contributed by atoms with Gasteiger partial charge in [-0.3, -0.25) is 19.6 Å². The van der Waals surface area contributed by atoms with Gasteiger partial charge in [-0.15, -0.1) is 0 Å². The van der Waals surface area contributed by atoms with Crippen molar-refractivity contribution in [1.29, 1.82) is 0 Å². The van der Waals surface area contributed by atoms with Crippen LogP contribution in [0.3, 0.4) is 0 Å². The van der Waals surface area contributed by atoms with Gasteiger partial charge in [0.1, 0.15) is 17.1 Å². The maximum absolute atomic E-state index is 13.3. The number of aromatic nitrogens is 8. The molecule has 0 fully saturated rings. The van der Waals surface area contributed by atoms with E-state index in [-0.39, 0.29) is 35.5 Å². The van der Waals surface area contributed by atoms with Gasteiger partial charge >= 0.3 is 12.4 Å². The lowest BCUT2D eigenvalue weighted by Crippen LogP contribution is -2.19. The van der Waals surface area contributed by atoms with Crippen LogP contribution in [0.25, 0.3) is 56.0 Å². The highest BCUT2D eigenvalue weighted by Crippen LogP contribution is 2.34. The van der Waals surface area contributed by atoms with Gasteiger partial charge in [-0.2, -0.15) is 36.5 Å². The van der Waals surface area contributed by atoms with Crippen molar-refractivity contribution in [2.75, 3.05) is 21.2 Å². The number of fused-ring (bicyclic) bond motifs is 2.